The van der Waals surface area contributed by atoms with E-state index >= 15 is 4.39 Å². The molecule has 184 valence electrons. The molecule has 1 fully saturated rings. The molecule has 5 rings (SSSR count). The Morgan fingerprint density at radius 3 is 2.72 bits per heavy atom. The van der Waals surface area contributed by atoms with E-state index in [2.05, 4.69) is 32.7 Å². The highest BCUT2D eigenvalue weighted by Gasteiger charge is 2.27. The summed E-state index contributed by atoms with van der Waals surface area (Å²) < 4.78 is 36.0. The minimum atomic E-state index is -0.785. The molecule has 2 atom stereocenters. The molecule has 0 spiro atoms. The lowest BCUT2D eigenvalue weighted by molar-refractivity contribution is -0.137. The molecule has 2 aromatic carbocycles. The van der Waals surface area contributed by atoms with Crippen molar-refractivity contribution in [3.63, 3.8) is 0 Å². The van der Waals surface area contributed by atoms with Gasteiger partial charge >= 0.3 is 6.01 Å². The fourth-order valence-corrected chi connectivity index (χ4v) is 4.91. The number of ether oxygens (including phenoxy) is 1. The number of halogens is 2. The molecule has 10 heteroatoms. The lowest BCUT2D eigenvalue weighted by atomic mass is 9.95. The van der Waals surface area contributed by atoms with Gasteiger partial charge in [-0.2, -0.15) is 9.97 Å². The van der Waals surface area contributed by atoms with Gasteiger partial charge in [0.05, 0.1) is 18.1 Å². The first-order valence-corrected chi connectivity index (χ1v) is 11.3. The van der Waals surface area contributed by atoms with E-state index in [1.54, 1.807) is 0 Å². The Kier molecular flexibility index (Phi) is 6.04. The molecular formula is C26H23F2N5O3. The Bertz CT molecular complexity index is 1530. The molecule has 0 amide bonds. The fraction of sp³-hybridized carbons (Fsp3) is 0.269. The van der Waals surface area contributed by atoms with Crippen molar-refractivity contribution in [1.29, 1.82) is 0 Å². The third-order valence-electron chi connectivity index (χ3n) is 6.36. The summed E-state index contributed by atoms with van der Waals surface area (Å²) in [5, 5.41) is 10.4. The number of terminal acetylenes is 1. The monoisotopic (exact) mass is 491 g/mol. The highest BCUT2D eigenvalue weighted by Crippen LogP contribution is 2.39. The predicted molar refractivity (Wildman–Crippen MR) is 132 cm³/mol. The highest BCUT2D eigenvalue weighted by atomic mass is 19.1. The summed E-state index contributed by atoms with van der Waals surface area (Å²) in [6.07, 6.45) is 7.92. The number of rotatable bonds is 4. The van der Waals surface area contributed by atoms with Crippen molar-refractivity contribution in [2.75, 3.05) is 25.1 Å². The third kappa shape index (κ3) is 3.92. The van der Waals surface area contributed by atoms with E-state index in [9.17, 15) is 9.65 Å². The van der Waals surface area contributed by atoms with E-state index in [-0.39, 0.29) is 45.5 Å². The molecule has 0 radical (unpaired) electrons. The first kappa shape index (κ1) is 23.7. The standard InChI is InChI=1S/C26H23F2N5O3/c1-4-17-20(27)6-5-14-8-16(36-34)9-18(21(14)17)23-22(28)24-19(10-30-23)25(32-26(31-24)35-3)33-11-13(2)7-15(29)12-33/h1,5-6,8-10,13,15,34H,7,11-12,29H2,2-3H3. The molecule has 0 saturated carbocycles. The van der Waals surface area contributed by atoms with Crippen LogP contribution in [0.2, 0.25) is 0 Å². The van der Waals surface area contributed by atoms with Gasteiger partial charge in [-0.05, 0) is 35.9 Å². The fourth-order valence-electron chi connectivity index (χ4n) is 4.91. The number of piperidine rings is 1. The van der Waals surface area contributed by atoms with E-state index in [4.69, 9.17) is 16.9 Å². The minimum absolute atomic E-state index is 0.00521. The van der Waals surface area contributed by atoms with Gasteiger partial charge in [0.1, 0.15) is 22.8 Å². The third-order valence-corrected chi connectivity index (χ3v) is 6.36. The van der Waals surface area contributed by atoms with Crippen LogP contribution in [0.15, 0.2) is 30.5 Å². The van der Waals surface area contributed by atoms with Gasteiger partial charge in [-0.15, -0.1) is 6.42 Å². The number of hydrogen-bond donors (Lipinski definition) is 2. The maximum Gasteiger partial charge on any atom is 0.318 e. The maximum absolute atomic E-state index is 16.2. The van der Waals surface area contributed by atoms with Crippen LogP contribution < -0.4 is 20.3 Å². The summed E-state index contributed by atoms with van der Waals surface area (Å²) in [6, 6.07) is 5.37. The van der Waals surface area contributed by atoms with E-state index in [0.717, 1.165) is 6.42 Å². The summed E-state index contributed by atoms with van der Waals surface area (Å²) in [5.41, 5.74) is 6.12. The second-order valence-corrected chi connectivity index (χ2v) is 8.95. The first-order chi connectivity index (χ1) is 17.3. The zero-order valence-corrected chi connectivity index (χ0v) is 19.6. The van der Waals surface area contributed by atoms with Gasteiger partial charge in [0.2, 0.25) is 0 Å². The molecule has 1 aliphatic heterocycles. The van der Waals surface area contributed by atoms with Crippen molar-refractivity contribution in [2.24, 2.45) is 11.7 Å². The summed E-state index contributed by atoms with van der Waals surface area (Å²) in [7, 11) is 1.40. The van der Waals surface area contributed by atoms with Crippen LogP contribution in [0.1, 0.15) is 18.9 Å². The zero-order chi connectivity index (χ0) is 25.6. The molecule has 0 aliphatic carbocycles. The van der Waals surface area contributed by atoms with Gasteiger partial charge < -0.3 is 20.3 Å². The summed E-state index contributed by atoms with van der Waals surface area (Å²) in [4.78, 5) is 19.5. The molecule has 1 aliphatic rings. The van der Waals surface area contributed by atoms with Gasteiger partial charge in [0.15, 0.2) is 11.6 Å². The van der Waals surface area contributed by atoms with Crippen molar-refractivity contribution >= 4 is 27.5 Å². The number of nitrogens with zero attached hydrogens (tertiary/aromatic N) is 4. The largest absolute Gasteiger partial charge is 0.467 e. The van der Waals surface area contributed by atoms with Crippen LogP contribution >= 0.6 is 0 Å². The van der Waals surface area contributed by atoms with Gasteiger partial charge in [-0.1, -0.05) is 18.9 Å². The van der Waals surface area contributed by atoms with Crippen LogP contribution in [0.25, 0.3) is 32.9 Å². The number of aromatic nitrogens is 3. The van der Waals surface area contributed by atoms with Crippen LogP contribution in [0, 0.1) is 29.9 Å². The number of benzene rings is 2. The molecular weight excluding hydrogens is 468 g/mol. The van der Waals surface area contributed by atoms with Gasteiger partial charge in [0.25, 0.3) is 0 Å². The van der Waals surface area contributed by atoms with Gasteiger partial charge in [0, 0.05) is 36.3 Å². The smallest absolute Gasteiger partial charge is 0.318 e. The maximum atomic E-state index is 16.2. The van der Waals surface area contributed by atoms with Crippen LogP contribution in [-0.4, -0.2) is 46.5 Å². The highest BCUT2D eigenvalue weighted by molar-refractivity contribution is 6.03. The molecule has 8 nitrogen and oxygen atoms in total. The predicted octanol–water partition coefficient (Wildman–Crippen LogP) is 4.14. The van der Waals surface area contributed by atoms with E-state index in [1.807, 2.05) is 4.90 Å². The van der Waals surface area contributed by atoms with Gasteiger partial charge in [-0.3, -0.25) is 4.98 Å². The van der Waals surface area contributed by atoms with E-state index in [1.165, 1.54) is 37.6 Å². The summed E-state index contributed by atoms with van der Waals surface area (Å²) >= 11 is 0. The average Bonchev–Trinajstić information content (AvgIpc) is 2.87. The quantitative estimate of drug-likeness (QED) is 0.249. The number of anilines is 1. The number of methoxy groups -OCH3 is 1. The molecule has 2 aromatic heterocycles. The Morgan fingerprint density at radius 2 is 2.03 bits per heavy atom. The van der Waals surface area contributed by atoms with E-state index in [0.29, 0.717) is 35.6 Å². The van der Waals surface area contributed by atoms with Crippen LogP contribution in [-0.2, 0) is 0 Å². The molecule has 3 heterocycles. The van der Waals surface area contributed by atoms with Crippen LogP contribution in [0.3, 0.4) is 0 Å². The van der Waals surface area contributed by atoms with Crippen molar-refractivity contribution in [3.05, 3.63) is 47.7 Å². The Balaban J connectivity index is 1.79. The number of hydrogen-bond acceptors (Lipinski definition) is 8. The molecule has 1 saturated heterocycles. The molecule has 36 heavy (non-hydrogen) atoms. The molecule has 2 unspecified atom stereocenters. The average molecular weight is 491 g/mol. The molecule has 3 N–H and O–H groups in total. The first-order valence-electron chi connectivity index (χ1n) is 11.3. The topological polar surface area (TPSA) is 107 Å². The second kappa shape index (κ2) is 9.18. The van der Waals surface area contributed by atoms with Crippen LogP contribution in [0.5, 0.6) is 11.8 Å². The van der Waals surface area contributed by atoms with Crippen molar-refractivity contribution in [2.45, 2.75) is 19.4 Å². The second-order valence-electron chi connectivity index (χ2n) is 8.95. The van der Waals surface area contributed by atoms with Gasteiger partial charge in [-0.25, -0.2) is 14.0 Å². The lowest BCUT2D eigenvalue weighted by Crippen LogP contribution is -2.46. The molecule has 0 bridgehead atoms. The van der Waals surface area contributed by atoms with Crippen molar-refractivity contribution in [3.8, 4) is 35.4 Å². The Morgan fingerprint density at radius 1 is 1.22 bits per heavy atom. The number of pyridine rings is 1. The van der Waals surface area contributed by atoms with E-state index < -0.39 is 11.6 Å². The zero-order valence-electron chi connectivity index (χ0n) is 19.6. The van der Waals surface area contributed by atoms with Crippen molar-refractivity contribution in [1.82, 2.24) is 15.0 Å². The Hall–Kier alpha value is -4.07. The lowest BCUT2D eigenvalue weighted by Gasteiger charge is -2.36. The minimum Gasteiger partial charge on any atom is -0.467 e. The number of nitrogens with two attached hydrogens (primary N) is 1. The molecule has 4 aromatic rings. The summed E-state index contributed by atoms with van der Waals surface area (Å²) in [5.74, 6) is 1.68. The summed E-state index contributed by atoms with van der Waals surface area (Å²) in [6.45, 7) is 3.30. The van der Waals surface area contributed by atoms with Crippen molar-refractivity contribution < 1.29 is 23.7 Å². The SMILES string of the molecule is C#Cc1c(F)ccc2cc(OO)cc(-c3ncc4c(N5CC(C)CC(N)C5)nc(OC)nc4c3F)c12. The van der Waals surface area contributed by atoms with Crippen LogP contribution in [0.4, 0.5) is 14.6 Å². The Labute approximate surface area is 205 Å². The number of fused-ring (bicyclic) bond motifs is 2. The normalized spacial score (nSPS) is 17.9.